The summed E-state index contributed by atoms with van der Waals surface area (Å²) in [6.07, 6.45) is 2.42. The number of carboxylic acids is 1. The van der Waals surface area contributed by atoms with E-state index in [0.29, 0.717) is 30.4 Å². The van der Waals surface area contributed by atoms with Gasteiger partial charge in [-0.2, -0.15) is 0 Å². The van der Waals surface area contributed by atoms with Gasteiger partial charge < -0.3 is 39.9 Å². The Morgan fingerprint density at radius 3 is 2.41 bits per heavy atom. The normalized spacial score (nSPS) is 18.4. The fraction of sp³-hybridized carbons (Fsp3) is 0.559. The molecule has 3 fully saturated rings. The summed E-state index contributed by atoms with van der Waals surface area (Å²) in [4.78, 5) is 85.6. The van der Waals surface area contributed by atoms with Crippen LogP contribution in [-0.2, 0) is 23.9 Å². The monoisotopic (exact) mass is 680 g/mol. The summed E-state index contributed by atoms with van der Waals surface area (Å²) in [7, 11) is 0. The second-order valence-electron chi connectivity index (χ2n) is 12.7. The number of nitrogens with one attached hydrogen (secondary N) is 2. The molecule has 3 N–H and O–H groups in total. The summed E-state index contributed by atoms with van der Waals surface area (Å²) in [6.45, 7) is 5.18. The molecule has 2 aliphatic heterocycles. The van der Waals surface area contributed by atoms with Gasteiger partial charge in [-0.15, -0.1) is 0 Å². The highest BCUT2D eigenvalue weighted by atomic mass is 16.6. The highest BCUT2D eigenvalue weighted by molar-refractivity contribution is 5.99. The molecule has 15 heteroatoms. The van der Waals surface area contributed by atoms with Gasteiger partial charge in [0.1, 0.15) is 17.5 Å². The van der Waals surface area contributed by atoms with Gasteiger partial charge in [0.15, 0.2) is 6.61 Å². The lowest BCUT2D eigenvalue weighted by Gasteiger charge is -2.35. The third-order valence-corrected chi connectivity index (χ3v) is 8.95. The maximum atomic E-state index is 13.6. The molecule has 0 bridgehead atoms. The Labute approximate surface area is 284 Å². The van der Waals surface area contributed by atoms with E-state index < -0.39 is 29.9 Å². The average molecular weight is 681 g/mol. The molecule has 2 aromatic rings. The summed E-state index contributed by atoms with van der Waals surface area (Å²) in [5.74, 6) is -2.64. The van der Waals surface area contributed by atoms with Gasteiger partial charge in [-0.25, -0.2) is 9.78 Å². The number of amides is 5. The molecule has 1 aliphatic carbocycles. The molecular weight excluding hydrogens is 636 g/mol. The number of aromatic nitrogens is 1. The molecular formula is C34H44N6O9. The zero-order valence-electron chi connectivity index (χ0n) is 27.9. The summed E-state index contributed by atoms with van der Waals surface area (Å²) in [5.41, 5.74) is 1.24. The topological polar surface area (TPSA) is 188 Å². The van der Waals surface area contributed by atoms with Gasteiger partial charge in [-0.3, -0.25) is 24.0 Å². The van der Waals surface area contributed by atoms with Crippen LogP contribution in [0.15, 0.2) is 24.3 Å². The molecule has 2 saturated heterocycles. The number of aliphatic carboxylic acids is 1. The average Bonchev–Trinajstić information content (AvgIpc) is 3.92. The second-order valence-corrected chi connectivity index (χ2v) is 12.7. The molecule has 1 aromatic heterocycles. The molecule has 5 rings (SSSR count). The Kier molecular flexibility index (Phi) is 11.5. The van der Waals surface area contributed by atoms with Crippen molar-refractivity contribution in [3.05, 3.63) is 35.5 Å². The number of ether oxygens (including phenoxy) is 2. The van der Waals surface area contributed by atoms with Crippen molar-refractivity contribution in [1.29, 1.82) is 0 Å². The number of carboxylic acid groups (broad SMARTS) is 1. The summed E-state index contributed by atoms with van der Waals surface area (Å²) >= 11 is 0. The number of benzene rings is 1. The maximum absolute atomic E-state index is 13.6. The molecule has 2 atom stereocenters. The molecule has 5 amide bonds. The van der Waals surface area contributed by atoms with Gasteiger partial charge in [0, 0.05) is 63.2 Å². The number of carbonyl (C=O) groups is 6. The van der Waals surface area contributed by atoms with Crippen LogP contribution in [0, 0.1) is 12.8 Å². The number of nitrogens with zero attached hydrogens (tertiary/aromatic N) is 4. The van der Waals surface area contributed by atoms with E-state index in [2.05, 4.69) is 15.6 Å². The van der Waals surface area contributed by atoms with Gasteiger partial charge in [-0.1, -0.05) is 6.07 Å². The Morgan fingerprint density at radius 2 is 1.71 bits per heavy atom. The van der Waals surface area contributed by atoms with E-state index in [-0.39, 0.29) is 87.5 Å². The van der Waals surface area contributed by atoms with E-state index >= 15 is 0 Å². The second kappa shape index (κ2) is 16.0. The molecule has 1 saturated carbocycles. The molecule has 15 nitrogen and oxygen atoms in total. The lowest BCUT2D eigenvalue weighted by molar-refractivity contribution is -0.139. The third kappa shape index (κ3) is 9.36. The van der Waals surface area contributed by atoms with Crippen LogP contribution >= 0.6 is 0 Å². The molecule has 0 spiro atoms. The van der Waals surface area contributed by atoms with Crippen LogP contribution in [0.25, 0.3) is 10.9 Å². The first-order valence-electron chi connectivity index (χ1n) is 16.9. The lowest BCUT2D eigenvalue weighted by atomic mass is 9.97. The van der Waals surface area contributed by atoms with Gasteiger partial charge >= 0.3 is 12.1 Å². The van der Waals surface area contributed by atoms with Crippen molar-refractivity contribution in [2.24, 2.45) is 5.92 Å². The summed E-state index contributed by atoms with van der Waals surface area (Å²) < 4.78 is 11.0. The number of aryl methyl sites for hydroxylation is 1. The number of piperazine rings is 1. The van der Waals surface area contributed by atoms with Gasteiger partial charge in [0.25, 0.3) is 11.8 Å². The number of fused-ring (bicyclic) bond motifs is 1. The van der Waals surface area contributed by atoms with Gasteiger partial charge in [0.2, 0.25) is 11.8 Å². The van der Waals surface area contributed by atoms with E-state index in [9.17, 15) is 33.9 Å². The van der Waals surface area contributed by atoms with Crippen molar-refractivity contribution in [3.8, 4) is 5.75 Å². The highest BCUT2D eigenvalue weighted by Crippen LogP contribution is 2.28. The Morgan fingerprint density at radius 1 is 0.980 bits per heavy atom. The van der Waals surface area contributed by atoms with E-state index in [0.717, 1.165) is 24.8 Å². The van der Waals surface area contributed by atoms with Crippen LogP contribution in [0.1, 0.15) is 61.5 Å². The smallest absolute Gasteiger partial charge is 0.409 e. The molecule has 0 radical (unpaired) electrons. The first-order valence-corrected chi connectivity index (χ1v) is 16.9. The minimum absolute atomic E-state index is 0.0221. The number of hydrogen-bond donors (Lipinski definition) is 3. The fourth-order valence-electron chi connectivity index (χ4n) is 6.04. The standard InChI is InChI=1S/C34H44N6O9/c1-3-48-34(47)39-15-13-38(14-16-39)33(46)25(10-11-30(42)43)37-32(45)27-18-28(24-9-6-21(2)17-26(24)36-27)49-20-29(41)40-12-4-5-22(19-40)31(44)35-23-7-8-23/h6,9,17-18,22-23,25H,3-5,7-8,10-16,19-20H2,1-2H3,(H,35,44)(H,37,45)(H,42,43)/t22?,25-/m0/s1. The SMILES string of the molecule is CCOC(=O)N1CCN(C(=O)[C@H](CCC(=O)O)NC(=O)c2cc(OCC(=O)N3CCCC(C(=O)NC4CC4)C3)c3ccc(C)cc3n2)CC1. The van der Waals surface area contributed by atoms with Crippen molar-refractivity contribution in [1.82, 2.24) is 30.3 Å². The van der Waals surface area contributed by atoms with Crippen LogP contribution in [0.2, 0.25) is 0 Å². The predicted molar refractivity (Wildman–Crippen MR) is 176 cm³/mol. The Balaban J connectivity index is 1.28. The molecule has 1 aromatic carbocycles. The van der Waals surface area contributed by atoms with Crippen molar-refractivity contribution >= 4 is 46.6 Å². The molecule has 1 unspecified atom stereocenters. The zero-order valence-corrected chi connectivity index (χ0v) is 27.9. The number of carbonyl (C=O) groups excluding carboxylic acids is 5. The van der Waals surface area contributed by atoms with Crippen molar-refractivity contribution in [3.63, 3.8) is 0 Å². The summed E-state index contributed by atoms with van der Waals surface area (Å²) in [5, 5.41) is 15.6. The number of likely N-dealkylation sites (tertiary alicyclic amines) is 1. The fourth-order valence-corrected chi connectivity index (χ4v) is 6.04. The molecule has 3 aliphatic rings. The molecule has 264 valence electrons. The van der Waals surface area contributed by atoms with Crippen LogP contribution in [-0.4, -0.2) is 125 Å². The largest absolute Gasteiger partial charge is 0.483 e. The number of rotatable bonds is 12. The minimum atomic E-state index is -1.16. The summed E-state index contributed by atoms with van der Waals surface area (Å²) in [6, 6.07) is 5.89. The number of pyridine rings is 1. The molecule has 49 heavy (non-hydrogen) atoms. The van der Waals surface area contributed by atoms with Crippen molar-refractivity contribution in [2.75, 3.05) is 52.5 Å². The Bertz CT molecular complexity index is 1590. The quantitative estimate of drug-likeness (QED) is 0.298. The minimum Gasteiger partial charge on any atom is -0.483 e. The number of hydrogen-bond acceptors (Lipinski definition) is 9. The number of piperidine rings is 1. The highest BCUT2D eigenvalue weighted by Gasteiger charge is 2.33. The van der Waals surface area contributed by atoms with Gasteiger partial charge in [0.05, 0.1) is 18.0 Å². The van der Waals surface area contributed by atoms with E-state index in [1.807, 2.05) is 13.0 Å². The van der Waals surface area contributed by atoms with Crippen LogP contribution in [0.5, 0.6) is 5.75 Å². The first-order chi connectivity index (χ1) is 23.5. The van der Waals surface area contributed by atoms with Crippen LogP contribution in [0.4, 0.5) is 4.79 Å². The van der Waals surface area contributed by atoms with E-state index in [1.54, 1.807) is 24.0 Å². The zero-order chi connectivity index (χ0) is 35.1. The van der Waals surface area contributed by atoms with Crippen LogP contribution in [0.3, 0.4) is 0 Å². The maximum Gasteiger partial charge on any atom is 0.409 e. The van der Waals surface area contributed by atoms with E-state index in [4.69, 9.17) is 9.47 Å². The predicted octanol–water partition coefficient (Wildman–Crippen LogP) is 1.70. The van der Waals surface area contributed by atoms with Crippen LogP contribution < -0.4 is 15.4 Å². The van der Waals surface area contributed by atoms with Gasteiger partial charge in [-0.05, 0) is 63.6 Å². The van der Waals surface area contributed by atoms with Crippen molar-refractivity contribution in [2.45, 2.75) is 64.5 Å². The third-order valence-electron chi connectivity index (χ3n) is 8.95. The first kappa shape index (κ1) is 35.4. The van der Waals surface area contributed by atoms with Crippen molar-refractivity contribution < 1.29 is 43.3 Å². The Hall–Kier alpha value is -4.95. The van der Waals surface area contributed by atoms with E-state index in [1.165, 1.54) is 15.9 Å². The lowest BCUT2D eigenvalue weighted by Crippen LogP contribution is -2.56. The molecule has 3 heterocycles.